The Labute approximate surface area is 93.0 Å². The molecule has 0 spiro atoms. The maximum absolute atomic E-state index is 11.6. The Hall–Kier alpha value is -1.88. The number of methoxy groups -OCH3 is 1. The molecule has 0 saturated carbocycles. The van der Waals surface area contributed by atoms with E-state index in [0.717, 1.165) is 0 Å². The van der Waals surface area contributed by atoms with E-state index >= 15 is 0 Å². The molecule has 1 rings (SSSR count). The first kappa shape index (κ1) is 12.2. The second-order valence-corrected chi connectivity index (χ2v) is 3.14. The zero-order chi connectivity index (χ0) is 12.0. The van der Waals surface area contributed by atoms with Crippen molar-refractivity contribution < 1.29 is 19.4 Å². The Kier molecular flexibility index (Phi) is 4.47. The lowest BCUT2D eigenvalue weighted by atomic mass is 10.1. The third kappa shape index (κ3) is 3.36. The normalized spacial score (nSPS) is 11.8. The van der Waals surface area contributed by atoms with Gasteiger partial charge in [-0.15, -0.1) is 0 Å². The van der Waals surface area contributed by atoms with E-state index in [-0.39, 0.29) is 0 Å². The summed E-state index contributed by atoms with van der Waals surface area (Å²) < 4.78 is 5.03. The van der Waals surface area contributed by atoms with Crippen LogP contribution in [0.4, 0.5) is 0 Å². The number of carbonyl (C=O) groups is 2. The third-order valence-electron chi connectivity index (χ3n) is 1.99. The highest BCUT2D eigenvalue weighted by molar-refractivity contribution is 5.85. The molecular formula is C11H13NO4. The summed E-state index contributed by atoms with van der Waals surface area (Å²) in [7, 11) is 1.40. The molecule has 1 amide bonds. The van der Waals surface area contributed by atoms with Gasteiger partial charge in [0.25, 0.3) is 5.91 Å². The van der Waals surface area contributed by atoms with Gasteiger partial charge in [0.15, 0.2) is 6.10 Å². The lowest BCUT2D eigenvalue weighted by Crippen LogP contribution is -2.34. The molecule has 0 saturated heterocycles. The summed E-state index contributed by atoms with van der Waals surface area (Å²) >= 11 is 0. The first-order valence-electron chi connectivity index (χ1n) is 4.72. The van der Waals surface area contributed by atoms with Crippen LogP contribution < -0.4 is 5.32 Å². The van der Waals surface area contributed by atoms with Gasteiger partial charge in [0.05, 0.1) is 0 Å². The number of carboxylic acids is 1. The maximum atomic E-state index is 11.6. The van der Waals surface area contributed by atoms with Crippen molar-refractivity contribution in [2.75, 3.05) is 13.7 Å². The minimum absolute atomic E-state index is 0.411. The monoisotopic (exact) mass is 223 g/mol. The Morgan fingerprint density at radius 3 is 2.50 bits per heavy atom. The van der Waals surface area contributed by atoms with E-state index in [4.69, 9.17) is 9.84 Å². The number of aliphatic carboxylic acids is 1. The van der Waals surface area contributed by atoms with Gasteiger partial charge in [-0.3, -0.25) is 9.59 Å². The third-order valence-corrected chi connectivity index (χ3v) is 1.99. The van der Waals surface area contributed by atoms with Gasteiger partial charge < -0.3 is 15.2 Å². The molecule has 2 N–H and O–H groups in total. The minimum Gasteiger partial charge on any atom is -0.480 e. The van der Waals surface area contributed by atoms with Crippen LogP contribution in [0.2, 0.25) is 0 Å². The summed E-state index contributed by atoms with van der Waals surface area (Å²) in [6.45, 7) is -0.411. The molecular weight excluding hydrogens is 210 g/mol. The largest absolute Gasteiger partial charge is 0.480 e. The van der Waals surface area contributed by atoms with Gasteiger partial charge >= 0.3 is 5.97 Å². The van der Waals surface area contributed by atoms with Crippen molar-refractivity contribution in [1.29, 1.82) is 0 Å². The van der Waals surface area contributed by atoms with Crippen molar-refractivity contribution in [3.05, 3.63) is 35.9 Å². The molecule has 0 fully saturated rings. The number of carbonyl (C=O) groups excluding carboxylic acids is 1. The summed E-state index contributed by atoms with van der Waals surface area (Å²) in [6.07, 6.45) is -0.777. The Balaban J connectivity index is 2.68. The number of hydrogen-bond acceptors (Lipinski definition) is 3. The highest BCUT2D eigenvalue weighted by Crippen LogP contribution is 2.15. The number of rotatable bonds is 5. The molecule has 0 radical (unpaired) electrons. The molecule has 0 aliphatic carbocycles. The molecule has 1 atom stereocenters. The molecule has 1 aromatic carbocycles. The fourth-order valence-corrected chi connectivity index (χ4v) is 1.28. The highest BCUT2D eigenvalue weighted by atomic mass is 16.5. The van der Waals surface area contributed by atoms with Crippen molar-refractivity contribution in [1.82, 2.24) is 5.32 Å². The molecule has 16 heavy (non-hydrogen) atoms. The molecule has 1 aromatic rings. The minimum atomic E-state index is -1.09. The SMILES string of the molecule is COC(C(=O)NCC(=O)O)c1ccccc1. The van der Waals surface area contributed by atoms with E-state index in [1.165, 1.54) is 7.11 Å². The summed E-state index contributed by atoms with van der Waals surface area (Å²) in [5, 5.41) is 10.7. The number of benzene rings is 1. The fraction of sp³-hybridized carbons (Fsp3) is 0.273. The summed E-state index contributed by atoms with van der Waals surface area (Å²) in [6, 6.07) is 8.88. The Morgan fingerprint density at radius 1 is 1.38 bits per heavy atom. The lowest BCUT2D eigenvalue weighted by molar-refractivity contribution is -0.140. The first-order chi connectivity index (χ1) is 7.65. The molecule has 5 heteroatoms. The standard InChI is InChI=1S/C11H13NO4/c1-16-10(8-5-3-2-4-6-8)11(15)12-7-9(13)14/h2-6,10H,7H2,1H3,(H,12,15)(H,13,14). The smallest absolute Gasteiger partial charge is 0.322 e. The quantitative estimate of drug-likeness (QED) is 0.765. The molecule has 0 aliphatic heterocycles. The molecule has 5 nitrogen and oxygen atoms in total. The van der Waals surface area contributed by atoms with E-state index < -0.39 is 24.5 Å². The average molecular weight is 223 g/mol. The molecule has 0 heterocycles. The maximum Gasteiger partial charge on any atom is 0.322 e. The van der Waals surface area contributed by atoms with Crippen molar-refractivity contribution in [3.8, 4) is 0 Å². The number of ether oxygens (including phenoxy) is 1. The first-order valence-corrected chi connectivity index (χ1v) is 4.72. The second kappa shape index (κ2) is 5.87. The average Bonchev–Trinajstić information content (AvgIpc) is 2.29. The van der Waals surface area contributed by atoms with Crippen LogP contribution >= 0.6 is 0 Å². The van der Waals surface area contributed by atoms with Crippen LogP contribution in [-0.4, -0.2) is 30.6 Å². The fourth-order valence-electron chi connectivity index (χ4n) is 1.28. The van der Waals surface area contributed by atoms with Crippen LogP contribution in [0.3, 0.4) is 0 Å². The predicted molar refractivity (Wildman–Crippen MR) is 56.8 cm³/mol. The van der Waals surface area contributed by atoms with Gasteiger partial charge in [-0.05, 0) is 5.56 Å². The zero-order valence-electron chi connectivity index (χ0n) is 8.84. The molecule has 0 bridgehead atoms. The zero-order valence-corrected chi connectivity index (χ0v) is 8.84. The van der Waals surface area contributed by atoms with Crippen LogP contribution in [0.5, 0.6) is 0 Å². The number of nitrogens with one attached hydrogen (secondary N) is 1. The van der Waals surface area contributed by atoms with E-state index in [1.54, 1.807) is 24.3 Å². The summed E-state index contributed by atoms with van der Waals surface area (Å²) in [5.41, 5.74) is 0.688. The molecule has 1 unspecified atom stereocenters. The predicted octanol–water partition coefficient (Wildman–Crippen LogP) is 0.575. The Bertz CT molecular complexity index is 364. The van der Waals surface area contributed by atoms with E-state index in [2.05, 4.69) is 5.32 Å². The van der Waals surface area contributed by atoms with E-state index in [0.29, 0.717) is 5.56 Å². The number of carboxylic acid groups (broad SMARTS) is 1. The highest BCUT2D eigenvalue weighted by Gasteiger charge is 2.19. The van der Waals surface area contributed by atoms with Crippen LogP contribution in [0.25, 0.3) is 0 Å². The van der Waals surface area contributed by atoms with Crippen molar-refractivity contribution in [2.45, 2.75) is 6.10 Å². The number of hydrogen-bond donors (Lipinski definition) is 2. The second-order valence-electron chi connectivity index (χ2n) is 3.14. The Morgan fingerprint density at radius 2 is 2.00 bits per heavy atom. The van der Waals surface area contributed by atoms with Crippen LogP contribution in [0.15, 0.2) is 30.3 Å². The summed E-state index contributed by atoms with van der Waals surface area (Å²) in [4.78, 5) is 21.9. The van der Waals surface area contributed by atoms with Gasteiger partial charge in [0, 0.05) is 7.11 Å². The van der Waals surface area contributed by atoms with Crippen molar-refractivity contribution >= 4 is 11.9 Å². The lowest BCUT2D eigenvalue weighted by Gasteiger charge is -2.14. The van der Waals surface area contributed by atoms with Gasteiger partial charge in [0.2, 0.25) is 0 Å². The van der Waals surface area contributed by atoms with E-state index in [1.807, 2.05) is 6.07 Å². The topological polar surface area (TPSA) is 75.6 Å². The van der Waals surface area contributed by atoms with Crippen LogP contribution in [0, 0.1) is 0 Å². The van der Waals surface area contributed by atoms with Crippen LogP contribution in [-0.2, 0) is 14.3 Å². The molecule has 0 aromatic heterocycles. The van der Waals surface area contributed by atoms with Gasteiger partial charge in [-0.1, -0.05) is 30.3 Å². The van der Waals surface area contributed by atoms with Gasteiger partial charge in [-0.2, -0.15) is 0 Å². The molecule has 0 aliphatic rings. The van der Waals surface area contributed by atoms with Crippen molar-refractivity contribution in [2.24, 2.45) is 0 Å². The van der Waals surface area contributed by atoms with E-state index in [9.17, 15) is 9.59 Å². The van der Waals surface area contributed by atoms with Crippen molar-refractivity contribution in [3.63, 3.8) is 0 Å². The van der Waals surface area contributed by atoms with Crippen LogP contribution in [0.1, 0.15) is 11.7 Å². The van der Waals surface area contributed by atoms with Gasteiger partial charge in [0.1, 0.15) is 6.54 Å². The number of amides is 1. The van der Waals surface area contributed by atoms with Gasteiger partial charge in [-0.25, -0.2) is 0 Å². The summed E-state index contributed by atoms with van der Waals surface area (Å²) in [5.74, 6) is -1.55. The molecule has 86 valence electrons.